The van der Waals surface area contributed by atoms with Gasteiger partial charge in [0.15, 0.2) is 0 Å². The molecule has 0 atom stereocenters. The Balaban J connectivity index is 2.76. The molecule has 0 spiro atoms. The number of nitrogen functional groups attached to an aromatic ring is 1. The zero-order valence-electron chi connectivity index (χ0n) is 9.73. The average molecular weight is 252 g/mol. The molecule has 0 saturated carbocycles. The SMILES string of the molecule is C#CCCCNS(=O)(=O)c1ccc(C)c(N)c1. The second-order valence-corrected chi connectivity index (χ2v) is 5.49. The Morgan fingerprint density at radius 2 is 2.18 bits per heavy atom. The lowest BCUT2D eigenvalue weighted by Gasteiger charge is -2.07. The van der Waals surface area contributed by atoms with Crippen molar-refractivity contribution >= 4 is 15.7 Å². The van der Waals surface area contributed by atoms with Crippen molar-refractivity contribution in [1.82, 2.24) is 4.72 Å². The molecule has 0 aliphatic heterocycles. The van der Waals surface area contributed by atoms with Gasteiger partial charge in [0.05, 0.1) is 4.90 Å². The van der Waals surface area contributed by atoms with Gasteiger partial charge in [0.2, 0.25) is 10.0 Å². The highest BCUT2D eigenvalue weighted by atomic mass is 32.2. The number of anilines is 1. The van der Waals surface area contributed by atoms with Crippen LogP contribution in [0.2, 0.25) is 0 Å². The lowest BCUT2D eigenvalue weighted by atomic mass is 10.2. The van der Waals surface area contributed by atoms with Crippen molar-refractivity contribution in [2.45, 2.75) is 24.7 Å². The first kappa shape index (κ1) is 13.6. The largest absolute Gasteiger partial charge is 0.398 e. The summed E-state index contributed by atoms with van der Waals surface area (Å²) in [6, 6.07) is 4.68. The molecule has 0 aromatic heterocycles. The minimum absolute atomic E-state index is 0.182. The highest BCUT2D eigenvalue weighted by molar-refractivity contribution is 7.89. The number of hydrogen-bond donors (Lipinski definition) is 2. The summed E-state index contributed by atoms with van der Waals surface area (Å²) in [4.78, 5) is 0.182. The Labute approximate surface area is 102 Å². The maximum Gasteiger partial charge on any atom is 0.240 e. The van der Waals surface area contributed by atoms with Crippen LogP contribution in [0.25, 0.3) is 0 Å². The van der Waals surface area contributed by atoms with Crippen molar-refractivity contribution in [2.75, 3.05) is 12.3 Å². The number of terminal acetylenes is 1. The Morgan fingerprint density at radius 1 is 1.47 bits per heavy atom. The van der Waals surface area contributed by atoms with Crippen molar-refractivity contribution in [3.05, 3.63) is 23.8 Å². The molecule has 0 radical (unpaired) electrons. The fraction of sp³-hybridized carbons (Fsp3) is 0.333. The number of sulfonamides is 1. The molecule has 1 aromatic carbocycles. The van der Waals surface area contributed by atoms with Crippen LogP contribution in [0, 0.1) is 19.3 Å². The summed E-state index contributed by atoms with van der Waals surface area (Å²) in [6.45, 7) is 2.16. The van der Waals surface area contributed by atoms with Gasteiger partial charge in [0.1, 0.15) is 0 Å². The predicted molar refractivity (Wildman–Crippen MR) is 68.8 cm³/mol. The van der Waals surface area contributed by atoms with E-state index in [9.17, 15) is 8.42 Å². The number of benzene rings is 1. The Kier molecular flexibility index (Phi) is 4.55. The quantitative estimate of drug-likeness (QED) is 0.471. The number of nitrogens with two attached hydrogens (primary N) is 1. The lowest BCUT2D eigenvalue weighted by Crippen LogP contribution is -2.24. The van der Waals surface area contributed by atoms with Crippen molar-refractivity contribution < 1.29 is 8.42 Å². The van der Waals surface area contributed by atoms with Crippen LogP contribution in [-0.2, 0) is 10.0 Å². The molecule has 1 aromatic rings. The zero-order chi connectivity index (χ0) is 12.9. The van der Waals surface area contributed by atoms with Crippen LogP contribution in [0.3, 0.4) is 0 Å². The van der Waals surface area contributed by atoms with Gasteiger partial charge in [0.25, 0.3) is 0 Å². The molecule has 0 fully saturated rings. The molecule has 0 unspecified atom stereocenters. The molecular weight excluding hydrogens is 236 g/mol. The summed E-state index contributed by atoms with van der Waals surface area (Å²) < 4.78 is 26.2. The number of rotatable bonds is 5. The van der Waals surface area contributed by atoms with E-state index in [-0.39, 0.29) is 4.90 Å². The van der Waals surface area contributed by atoms with Gasteiger partial charge in [-0.15, -0.1) is 12.3 Å². The number of nitrogens with one attached hydrogen (secondary N) is 1. The molecule has 0 saturated heterocycles. The van der Waals surface area contributed by atoms with Crippen LogP contribution in [0.4, 0.5) is 5.69 Å². The van der Waals surface area contributed by atoms with Gasteiger partial charge in [-0.05, 0) is 31.0 Å². The lowest BCUT2D eigenvalue weighted by molar-refractivity contribution is 0.579. The van der Waals surface area contributed by atoms with Gasteiger partial charge in [-0.1, -0.05) is 6.07 Å². The van der Waals surface area contributed by atoms with Gasteiger partial charge in [-0.25, -0.2) is 13.1 Å². The molecule has 0 aliphatic carbocycles. The van der Waals surface area contributed by atoms with Gasteiger partial charge in [-0.3, -0.25) is 0 Å². The third kappa shape index (κ3) is 3.77. The zero-order valence-corrected chi connectivity index (χ0v) is 10.5. The van der Waals surface area contributed by atoms with Crippen LogP contribution in [0.5, 0.6) is 0 Å². The fourth-order valence-electron chi connectivity index (χ4n) is 1.27. The molecule has 1 rings (SSSR count). The minimum Gasteiger partial charge on any atom is -0.398 e. The highest BCUT2D eigenvalue weighted by Gasteiger charge is 2.13. The molecule has 0 bridgehead atoms. The topological polar surface area (TPSA) is 72.2 Å². The standard InChI is InChI=1S/C12H16N2O2S/c1-3-4-5-8-14-17(15,16)11-7-6-10(2)12(13)9-11/h1,6-7,9,14H,4-5,8,13H2,2H3. The molecule has 0 heterocycles. The molecular formula is C12H16N2O2S. The molecule has 0 amide bonds. The summed E-state index contributed by atoms with van der Waals surface area (Å²) in [7, 11) is -3.48. The van der Waals surface area contributed by atoms with E-state index in [1.54, 1.807) is 6.07 Å². The maximum absolute atomic E-state index is 11.8. The maximum atomic E-state index is 11.8. The smallest absolute Gasteiger partial charge is 0.240 e. The normalized spacial score (nSPS) is 11.1. The van der Waals surface area contributed by atoms with E-state index in [0.29, 0.717) is 25.1 Å². The first-order valence-corrected chi connectivity index (χ1v) is 6.75. The second kappa shape index (κ2) is 5.71. The van der Waals surface area contributed by atoms with Crippen LogP contribution in [0.1, 0.15) is 18.4 Å². The van der Waals surface area contributed by atoms with Gasteiger partial charge >= 0.3 is 0 Å². The van der Waals surface area contributed by atoms with E-state index in [0.717, 1.165) is 5.56 Å². The second-order valence-electron chi connectivity index (χ2n) is 3.72. The van der Waals surface area contributed by atoms with Gasteiger partial charge < -0.3 is 5.73 Å². The summed E-state index contributed by atoms with van der Waals surface area (Å²) in [6.07, 6.45) is 6.26. The summed E-state index contributed by atoms with van der Waals surface area (Å²) >= 11 is 0. The van der Waals surface area contributed by atoms with Crippen LogP contribution in [-0.4, -0.2) is 15.0 Å². The van der Waals surface area contributed by atoms with E-state index in [4.69, 9.17) is 12.2 Å². The highest BCUT2D eigenvalue weighted by Crippen LogP contribution is 2.16. The van der Waals surface area contributed by atoms with Gasteiger partial charge in [-0.2, -0.15) is 0 Å². The van der Waals surface area contributed by atoms with E-state index < -0.39 is 10.0 Å². The molecule has 4 nitrogen and oxygen atoms in total. The molecule has 0 aliphatic rings. The first-order chi connectivity index (χ1) is 7.97. The minimum atomic E-state index is -3.48. The van der Waals surface area contributed by atoms with Crippen molar-refractivity contribution in [1.29, 1.82) is 0 Å². The predicted octanol–water partition coefficient (Wildman–Crippen LogP) is 1.27. The van der Waals surface area contributed by atoms with E-state index in [2.05, 4.69) is 10.6 Å². The van der Waals surface area contributed by atoms with E-state index in [1.807, 2.05) is 6.92 Å². The Morgan fingerprint density at radius 3 is 2.76 bits per heavy atom. The fourth-order valence-corrected chi connectivity index (χ4v) is 2.38. The van der Waals surface area contributed by atoms with Crippen molar-refractivity contribution in [3.8, 4) is 12.3 Å². The van der Waals surface area contributed by atoms with Crippen LogP contribution >= 0.6 is 0 Å². The van der Waals surface area contributed by atoms with Crippen molar-refractivity contribution in [2.24, 2.45) is 0 Å². The number of hydrogen-bond acceptors (Lipinski definition) is 3. The molecule has 5 heteroatoms. The van der Waals surface area contributed by atoms with Gasteiger partial charge in [0, 0.05) is 18.7 Å². The summed E-state index contributed by atoms with van der Waals surface area (Å²) in [5.41, 5.74) is 7.00. The third-order valence-electron chi connectivity index (χ3n) is 2.35. The number of aryl methyl sites for hydroxylation is 1. The average Bonchev–Trinajstić information content (AvgIpc) is 2.28. The Bertz CT molecular complexity index is 530. The molecule has 92 valence electrons. The van der Waals surface area contributed by atoms with Crippen LogP contribution in [0.15, 0.2) is 23.1 Å². The summed E-state index contributed by atoms with van der Waals surface area (Å²) in [5.74, 6) is 2.46. The number of unbranched alkanes of at least 4 members (excludes halogenated alkanes) is 1. The van der Waals surface area contributed by atoms with E-state index in [1.165, 1.54) is 12.1 Å². The van der Waals surface area contributed by atoms with Crippen molar-refractivity contribution in [3.63, 3.8) is 0 Å². The molecule has 3 N–H and O–H groups in total. The van der Waals surface area contributed by atoms with Crippen LogP contribution < -0.4 is 10.5 Å². The first-order valence-electron chi connectivity index (χ1n) is 5.26. The summed E-state index contributed by atoms with van der Waals surface area (Å²) in [5, 5.41) is 0. The monoisotopic (exact) mass is 252 g/mol. The molecule has 17 heavy (non-hydrogen) atoms. The van der Waals surface area contributed by atoms with E-state index >= 15 is 0 Å². The Hall–Kier alpha value is -1.51. The third-order valence-corrected chi connectivity index (χ3v) is 3.81.